The minimum Gasteiger partial charge on any atom is -0.312 e. The molecular formula is C12H20BrN3O. The zero-order chi connectivity index (χ0) is 12.8. The Kier molecular flexibility index (Phi) is 5.85. The Hall–Kier alpha value is -0.680. The standard InChI is InChI=1S/C12H20BrN3O/c1-4-10(5-2)14-6-7-16-8-15-9(3)11(13)12(16)17/h8,10,14H,4-7H2,1-3H3. The molecule has 0 aliphatic carbocycles. The van der Waals surface area contributed by atoms with Crippen LogP contribution in [-0.4, -0.2) is 22.1 Å². The molecule has 1 aromatic rings. The van der Waals surface area contributed by atoms with Crippen LogP contribution in [0.5, 0.6) is 0 Å². The largest absolute Gasteiger partial charge is 0.312 e. The van der Waals surface area contributed by atoms with Crippen LogP contribution in [0, 0.1) is 6.92 Å². The summed E-state index contributed by atoms with van der Waals surface area (Å²) in [6.45, 7) is 7.59. The van der Waals surface area contributed by atoms with E-state index >= 15 is 0 Å². The van der Waals surface area contributed by atoms with Gasteiger partial charge in [0.25, 0.3) is 5.56 Å². The van der Waals surface area contributed by atoms with Crippen molar-refractivity contribution >= 4 is 15.9 Å². The molecule has 0 atom stereocenters. The van der Waals surface area contributed by atoms with Crippen molar-refractivity contribution in [3.8, 4) is 0 Å². The van der Waals surface area contributed by atoms with Gasteiger partial charge in [-0.3, -0.25) is 9.36 Å². The number of hydrogen-bond donors (Lipinski definition) is 1. The van der Waals surface area contributed by atoms with Crippen LogP contribution in [0.4, 0.5) is 0 Å². The minimum absolute atomic E-state index is 0.0103. The third-order valence-corrected chi connectivity index (χ3v) is 3.84. The number of hydrogen-bond acceptors (Lipinski definition) is 3. The van der Waals surface area contributed by atoms with Gasteiger partial charge in [-0.25, -0.2) is 4.98 Å². The predicted molar refractivity (Wildman–Crippen MR) is 73.3 cm³/mol. The first-order valence-corrected chi connectivity index (χ1v) is 6.84. The molecule has 0 fully saturated rings. The number of nitrogens with one attached hydrogen (secondary N) is 1. The number of halogens is 1. The lowest BCUT2D eigenvalue weighted by Gasteiger charge is -2.15. The van der Waals surface area contributed by atoms with Crippen molar-refractivity contribution in [2.45, 2.75) is 46.2 Å². The van der Waals surface area contributed by atoms with Crippen LogP contribution >= 0.6 is 15.9 Å². The molecule has 1 aromatic heterocycles. The first-order valence-electron chi connectivity index (χ1n) is 6.05. The Morgan fingerprint density at radius 1 is 1.47 bits per heavy atom. The van der Waals surface area contributed by atoms with Gasteiger partial charge in [0.1, 0.15) is 4.47 Å². The van der Waals surface area contributed by atoms with Gasteiger partial charge in [0.2, 0.25) is 0 Å². The zero-order valence-corrected chi connectivity index (χ0v) is 12.2. The van der Waals surface area contributed by atoms with Crippen LogP contribution in [0.15, 0.2) is 15.6 Å². The first kappa shape index (κ1) is 14.4. The van der Waals surface area contributed by atoms with Gasteiger partial charge in [0.05, 0.1) is 12.0 Å². The summed E-state index contributed by atoms with van der Waals surface area (Å²) in [5.41, 5.74) is 0.725. The Morgan fingerprint density at radius 2 is 2.12 bits per heavy atom. The van der Waals surface area contributed by atoms with Gasteiger partial charge in [-0.05, 0) is 35.7 Å². The second-order valence-corrected chi connectivity index (χ2v) is 4.90. The molecule has 0 aliphatic rings. The van der Waals surface area contributed by atoms with Gasteiger partial charge in [-0.2, -0.15) is 0 Å². The Bertz CT molecular complexity index is 413. The SMILES string of the molecule is CCC(CC)NCCn1cnc(C)c(Br)c1=O. The van der Waals surface area contributed by atoms with Crippen molar-refractivity contribution in [3.05, 3.63) is 26.8 Å². The fourth-order valence-electron chi connectivity index (χ4n) is 1.67. The Balaban J connectivity index is 2.59. The lowest BCUT2D eigenvalue weighted by atomic mass is 10.2. The van der Waals surface area contributed by atoms with Crippen molar-refractivity contribution in [3.63, 3.8) is 0 Å². The summed E-state index contributed by atoms with van der Waals surface area (Å²) in [5.74, 6) is 0. The van der Waals surface area contributed by atoms with Gasteiger partial charge in [-0.15, -0.1) is 0 Å². The van der Waals surface area contributed by atoms with E-state index in [0.29, 0.717) is 17.1 Å². The van der Waals surface area contributed by atoms with E-state index in [9.17, 15) is 4.79 Å². The van der Waals surface area contributed by atoms with Gasteiger partial charge in [-0.1, -0.05) is 13.8 Å². The van der Waals surface area contributed by atoms with E-state index in [0.717, 1.165) is 25.1 Å². The molecule has 0 unspecified atom stereocenters. The predicted octanol–water partition coefficient (Wildman–Crippen LogP) is 2.09. The smallest absolute Gasteiger partial charge is 0.267 e. The summed E-state index contributed by atoms with van der Waals surface area (Å²) >= 11 is 3.26. The molecule has 0 bridgehead atoms. The van der Waals surface area contributed by atoms with E-state index in [2.05, 4.69) is 40.1 Å². The maximum Gasteiger partial charge on any atom is 0.267 e. The van der Waals surface area contributed by atoms with Crippen LogP contribution < -0.4 is 10.9 Å². The highest BCUT2D eigenvalue weighted by Crippen LogP contribution is 2.05. The number of nitrogens with zero attached hydrogens (tertiary/aromatic N) is 2. The van der Waals surface area contributed by atoms with Crippen molar-refractivity contribution in [1.82, 2.24) is 14.9 Å². The van der Waals surface area contributed by atoms with E-state index in [1.807, 2.05) is 6.92 Å². The average molecular weight is 302 g/mol. The van der Waals surface area contributed by atoms with Crippen LogP contribution in [0.2, 0.25) is 0 Å². The monoisotopic (exact) mass is 301 g/mol. The van der Waals surface area contributed by atoms with Crippen LogP contribution in [-0.2, 0) is 6.54 Å². The zero-order valence-electron chi connectivity index (χ0n) is 10.7. The molecule has 0 saturated heterocycles. The molecule has 17 heavy (non-hydrogen) atoms. The molecule has 1 N–H and O–H groups in total. The fraction of sp³-hybridized carbons (Fsp3) is 0.667. The van der Waals surface area contributed by atoms with Crippen LogP contribution in [0.3, 0.4) is 0 Å². The molecular weight excluding hydrogens is 282 g/mol. The molecule has 0 aromatic carbocycles. The van der Waals surface area contributed by atoms with E-state index in [1.165, 1.54) is 0 Å². The number of rotatable bonds is 6. The molecule has 0 aliphatic heterocycles. The van der Waals surface area contributed by atoms with Crippen molar-refractivity contribution < 1.29 is 0 Å². The highest BCUT2D eigenvalue weighted by Gasteiger charge is 2.06. The second kappa shape index (κ2) is 6.91. The summed E-state index contributed by atoms with van der Waals surface area (Å²) in [6, 6.07) is 0.535. The van der Waals surface area contributed by atoms with Crippen molar-refractivity contribution in [1.29, 1.82) is 0 Å². The van der Waals surface area contributed by atoms with Crippen molar-refractivity contribution in [2.75, 3.05) is 6.54 Å². The third kappa shape index (κ3) is 3.92. The average Bonchev–Trinajstić information content (AvgIpc) is 2.34. The van der Waals surface area contributed by atoms with E-state index < -0.39 is 0 Å². The lowest BCUT2D eigenvalue weighted by molar-refractivity contribution is 0.460. The number of aryl methyl sites for hydroxylation is 1. The fourth-order valence-corrected chi connectivity index (χ4v) is 2.00. The number of aromatic nitrogens is 2. The highest BCUT2D eigenvalue weighted by molar-refractivity contribution is 9.10. The third-order valence-electron chi connectivity index (χ3n) is 2.93. The molecule has 4 nitrogen and oxygen atoms in total. The van der Waals surface area contributed by atoms with E-state index in [4.69, 9.17) is 0 Å². The molecule has 0 saturated carbocycles. The van der Waals surface area contributed by atoms with E-state index in [1.54, 1.807) is 10.9 Å². The molecule has 1 rings (SSSR count). The quantitative estimate of drug-likeness (QED) is 0.875. The first-order chi connectivity index (χ1) is 8.10. The summed E-state index contributed by atoms with van der Waals surface area (Å²) < 4.78 is 2.19. The summed E-state index contributed by atoms with van der Waals surface area (Å²) in [5, 5.41) is 3.43. The second-order valence-electron chi connectivity index (χ2n) is 4.11. The molecule has 96 valence electrons. The Morgan fingerprint density at radius 3 is 2.71 bits per heavy atom. The molecule has 0 spiro atoms. The maximum absolute atomic E-state index is 11.9. The molecule has 0 amide bonds. The molecule has 1 heterocycles. The van der Waals surface area contributed by atoms with E-state index in [-0.39, 0.29) is 5.56 Å². The topological polar surface area (TPSA) is 46.9 Å². The minimum atomic E-state index is -0.0103. The van der Waals surface area contributed by atoms with Crippen LogP contribution in [0.25, 0.3) is 0 Å². The van der Waals surface area contributed by atoms with Gasteiger partial charge < -0.3 is 5.32 Å². The summed E-state index contributed by atoms with van der Waals surface area (Å²) in [4.78, 5) is 16.0. The normalized spacial score (nSPS) is 11.1. The van der Waals surface area contributed by atoms with Gasteiger partial charge in [0.15, 0.2) is 0 Å². The Labute approximate surface area is 111 Å². The summed E-state index contributed by atoms with van der Waals surface area (Å²) in [6.07, 6.45) is 3.83. The maximum atomic E-state index is 11.9. The van der Waals surface area contributed by atoms with Crippen molar-refractivity contribution in [2.24, 2.45) is 0 Å². The van der Waals surface area contributed by atoms with Crippen LogP contribution in [0.1, 0.15) is 32.4 Å². The molecule has 0 radical (unpaired) electrons. The van der Waals surface area contributed by atoms with Gasteiger partial charge in [0, 0.05) is 19.1 Å². The van der Waals surface area contributed by atoms with Gasteiger partial charge >= 0.3 is 0 Å². The summed E-state index contributed by atoms with van der Waals surface area (Å²) in [7, 11) is 0. The lowest BCUT2D eigenvalue weighted by Crippen LogP contribution is -2.33. The molecule has 5 heteroatoms. The highest BCUT2D eigenvalue weighted by atomic mass is 79.9.